The molecule has 0 aromatic heterocycles. The lowest BCUT2D eigenvalue weighted by atomic mass is 9.99. The monoisotopic (exact) mass is 338 g/mol. The van der Waals surface area contributed by atoms with E-state index in [0.29, 0.717) is 17.9 Å². The van der Waals surface area contributed by atoms with Crippen LogP contribution in [0.25, 0.3) is 0 Å². The first kappa shape index (κ1) is 19.6. The van der Waals surface area contributed by atoms with Crippen LogP contribution in [-0.2, 0) is 14.4 Å². The summed E-state index contributed by atoms with van der Waals surface area (Å²) in [6, 6.07) is 5.08. The molecule has 0 spiro atoms. The number of halogens is 1. The fourth-order valence-electron chi connectivity index (χ4n) is 2.01. The maximum absolute atomic E-state index is 12.9. The van der Waals surface area contributed by atoms with Gasteiger partial charge >= 0.3 is 5.97 Å². The Morgan fingerprint density at radius 1 is 1.08 bits per heavy atom. The molecule has 0 saturated carbocycles. The SMILES string of the molecule is CC(C)CCC(=O)NCC(=O)NCC(C(=O)O)c1ccc(F)cc1. The topological polar surface area (TPSA) is 95.5 Å². The summed E-state index contributed by atoms with van der Waals surface area (Å²) < 4.78 is 12.9. The molecule has 1 aromatic rings. The zero-order chi connectivity index (χ0) is 18.1. The van der Waals surface area contributed by atoms with Crippen LogP contribution in [0.1, 0.15) is 38.2 Å². The Hall–Kier alpha value is -2.44. The van der Waals surface area contributed by atoms with Gasteiger partial charge in [0.05, 0.1) is 12.5 Å². The van der Waals surface area contributed by atoms with Gasteiger partial charge in [-0.25, -0.2) is 4.39 Å². The molecule has 2 amide bonds. The Kier molecular flexibility index (Phi) is 7.88. The molecular formula is C17H23FN2O4. The Balaban J connectivity index is 2.44. The first-order valence-corrected chi connectivity index (χ1v) is 7.81. The molecule has 7 heteroatoms. The number of hydrogen-bond donors (Lipinski definition) is 3. The number of carbonyl (C=O) groups excluding carboxylic acids is 2. The Bertz CT molecular complexity index is 572. The molecule has 0 bridgehead atoms. The number of carbonyl (C=O) groups is 3. The third-order valence-electron chi connectivity index (χ3n) is 3.47. The minimum absolute atomic E-state index is 0.137. The third kappa shape index (κ3) is 7.21. The van der Waals surface area contributed by atoms with E-state index in [4.69, 9.17) is 0 Å². The minimum Gasteiger partial charge on any atom is -0.481 e. The maximum atomic E-state index is 12.9. The summed E-state index contributed by atoms with van der Waals surface area (Å²) in [6.45, 7) is 3.66. The molecule has 1 unspecified atom stereocenters. The van der Waals surface area contributed by atoms with Gasteiger partial charge in [0.2, 0.25) is 11.8 Å². The van der Waals surface area contributed by atoms with E-state index in [1.807, 2.05) is 13.8 Å². The zero-order valence-electron chi connectivity index (χ0n) is 13.8. The second-order valence-electron chi connectivity index (χ2n) is 5.96. The molecule has 3 N–H and O–H groups in total. The van der Waals surface area contributed by atoms with Gasteiger partial charge in [0.15, 0.2) is 0 Å². The first-order chi connectivity index (χ1) is 11.3. The maximum Gasteiger partial charge on any atom is 0.312 e. The van der Waals surface area contributed by atoms with E-state index < -0.39 is 23.6 Å². The molecule has 132 valence electrons. The molecule has 0 saturated heterocycles. The van der Waals surface area contributed by atoms with Gasteiger partial charge < -0.3 is 15.7 Å². The van der Waals surface area contributed by atoms with E-state index in [1.165, 1.54) is 24.3 Å². The number of benzene rings is 1. The van der Waals surface area contributed by atoms with Gasteiger partial charge in [-0.2, -0.15) is 0 Å². The van der Waals surface area contributed by atoms with Gasteiger partial charge in [-0.3, -0.25) is 14.4 Å². The van der Waals surface area contributed by atoms with E-state index >= 15 is 0 Å². The molecule has 0 aliphatic rings. The van der Waals surface area contributed by atoms with Crippen LogP contribution in [0, 0.1) is 11.7 Å². The van der Waals surface area contributed by atoms with Crippen molar-refractivity contribution >= 4 is 17.8 Å². The summed E-state index contributed by atoms with van der Waals surface area (Å²) in [7, 11) is 0. The average Bonchev–Trinajstić information content (AvgIpc) is 2.52. The van der Waals surface area contributed by atoms with Crippen LogP contribution in [0.15, 0.2) is 24.3 Å². The highest BCUT2D eigenvalue weighted by Gasteiger charge is 2.20. The molecule has 1 atom stereocenters. The van der Waals surface area contributed by atoms with Crippen LogP contribution >= 0.6 is 0 Å². The molecule has 6 nitrogen and oxygen atoms in total. The standard InChI is InChI=1S/C17H23FN2O4/c1-11(2)3-8-15(21)20-10-16(22)19-9-14(17(23)24)12-4-6-13(18)7-5-12/h4-7,11,14H,3,8-10H2,1-2H3,(H,19,22)(H,20,21)(H,23,24). The minimum atomic E-state index is -1.12. The first-order valence-electron chi connectivity index (χ1n) is 7.81. The molecule has 0 fully saturated rings. The molecule has 1 rings (SSSR count). The van der Waals surface area contributed by atoms with Crippen molar-refractivity contribution in [3.05, 3.63) is 35.6 Å². The van der Waals surface area contributed by atoms with Crippen LogP contribution in [0.4, 0.5) is 4.39 Å². The normalized spacial score (nSPS) is 11.8. The van der Waals surface area contributed by atoms with Crippen LogP contribution < -0.4 is 10.6 Å². The summed E-state index contributed by atoms with van der Waals surface area (Å²) in [5, 5.41) is 14.2. The quantitative estimate of drug-likeness (QED) is 0.638. The number of aliphatic carboxylic acids is 1. The van der Waals surface area contributed by atoms with E-state index in [1.54, 1.807) is 0 Å². The summed E-state index contributed by atoms with van der Waals surface area (Å²) in [4.78, 5) is 34.5. The van der Waals surface area contributed by atoms with Gasteiger partial charge in [0.25, 0.3) is 0 Å². The lowest BCUT2D eigenvalue weighted by molar-refractivity contribution is -0.138. The van der Waals surface area contributed by atoms with Crippen molar-refractivity contribution in [3.63, 3.8) is 0 Å². The molecule has 0 aliphatic heterocycles. The van der Waals surface area contributed by atoms with Crippen molar-refractivity contribution in [2.75, 3.05) is 13.1 Å². The molecule has 0 radical (unpaired) electrons. The molecule has 0 heterocycles. The average molecular weight is 338 g/mol. The largest absolute Gasteiger partial charge is 0.481 e. The fourth-order valence-corrected chi connectivity index (χ4v) is 2.01. The van der Waals surface area contributed by atoms with Gasteiger partial charge in [0.1, 0.15) is 5.82 Å². The van der Waals surface area contributed by atoms with E-state index in [0.717, 1.165) is 6.42 Å². The summed E-state index contributed by atoms with van der Waals surface area (Å²) in [6.07, 6.45) is 1.08. The fraction of sp³-hybridized carbons (Fsp3) is 0.471. The summed E-state index contributed by atoms with van der Waals surface area (Å²) in [5.41, 5.74) is 0.394. The number of hydrogen-bond acceptors (Lipinski definition) is 3. The highest BCUT2D eigenvalue weighted by molar-refractivity contribution is 5.85. The predicted molar refractivity (Wildman–Crippen MR) is 86.9 cm³/mol. The van der Waals surface area contributed by atoms with Gasteiger partial charge in [0, 0.05) is 13.0 Å². The number of amides is 2. The van der Waals surface area contributed by atoms with Crippen LogP contribution in [-0.4, -0.2) is 36.0 Å². The Labute approximate surface area is 140 Å². The van der Waals surface area contributed by atoms with Crippen LogP contribution in [0.5, 0.6) is 0 Å². The molecular weight excluding hydrogens is 315 g/mol. The van der Waals surface area contributed by atoms with E-state index in [2.05, 4.69) is 10.6 Å². The Morgan fingerprint density at radius 2 is 1.71 bits per heavy atom. The smallest absolute Gasteiger partial charge is 0.312 e. The van der Waals surface area contributed by atoms with Crippen molar-refractivity contribution in [1.29, 1.82) is 0 Å². The number of carboxylic acids is 1. The highest BCUT2D eigenvalue weighted by Crippen LogP contribution is 2.15. The summed E-state index contributed by atoms with van der Waals surface area (Å²) >= 11 is 0. The van der Waals surface area contributed by atoms with Crippen molar-refractivity contribution in [2.45, 2.75) is 32.6 Å². The number of rotatable bonds is 9. The van der Waals surface area contributed by atoms with E-state index in [-0.39, 0.29) is 19.0 Å². The van der Waals surface area contributed by atoms with Crippen molar-refractivity contribution in [3.8, 4) is 0 Å². The lowest BCUT2D eigenvalue weighted by Crippen LogP contribution is -2.39. The molecule has 1 aromatic carbocycles. The molecule has 24 heavy (non-hydrogen) atoms. The van der Waals surface area contributed by atoms with Gasteiger partial charge in [-0.05, 0) is 30.0 Å². The molecule has 0 aliphatic carbocycles. The van der Waals surface area contributed by atoms with Crippen LogP contribution in [0.3, 0.4) is 0 Å². The predicted octanol–water partition coefficient (Wildman–Crippen LogP) is 1.66. The number of nitrogens with one attached hydrogen (secondary N) is 2. The summed E-state index contributed by atoms with van der Waals surface area (Å²) in [5.74, 6) is -2.85. The number of carboxylic acid groups (broad SMARTS) is 1. The van der Waals surface area contributed by atoms with Crippen molar-refractivity contribution in [1.82, 2.24) is 10.6 Å². The second kappa shape index (κ2) is 9.64. The van der Waals surface area contributed by atoms with Crippen LogP contribution in [0.2, 0.25) is 0 Å². The lowest BCUT2D eigenvalue weighted by Gasteiger charge is -2.14. The van der Waals surface area contributed by atoms with Gasteiger partial charge in [-0.1, -0.05) is 26.0 Å². The van der Waals surface area contributed by atoms with Crippen molar-refractivity contribution in [2.24, 2.45) is 5.92 Å². The zero-order valence-corrected chi connectivity index (χ0v) is 13.8. The highest BCUT2D eigenvalue weighted by atomic mass is 19.1. The second-order valence-corrected chi connectivity index (χ2v) is 5.96. The third-order valence-corrected chi connectivity index (χ3v) is 3.47. The van der Waals surface area contributed by atoms with Gasteiger partial charge in [-0.15, -0.1) is 0 Å². The van der Waals surface area contributed by atoms with Crippen molar-refractivity contribution < 1.29 is 23.9 Å². The Morgan fingerprint density at radius 3 is 2.25 bits per heavy atom. The van der Waals surface area contributed by atoms with E-state index in [9.17, 15) is 23.9 Å².